The number of aromatic nitrogens is 4. The third-order valence-corrected chi connectivity index (χ3v) is 3.37. The molecule has 19 heavy (non-hydrogen) atoms. The first-order chi connectivity index (χ1) is 9.08. The molecule has 0 atom stereocenters. The van der Waals surface area contributed by atoms with Gasteiger partial charge in [0.15, 0.2) is 5.16 Å². The second-order valence-electron chi connectivity index (χ2n) is 3.67. The average molecular weight is 298 g/mol. The van der Waals surface area contributed by atoms with Gasteiger partial charge >= 0.3 is 0 Å². The molecule has 2 N–H and O–H groups in total. The molecule has 2 heterocycles. The monoisotopic (exact) mass is 297 g/mol. The van der Waals surface area contributed by atoms with Gasteiger partial charge in [0, 0.05) is 18.3 Å². The third kappa shape index (κ3) is 3.68. The molecule has 2 rings (SSSR count). The van der Waals surface area contributed by atoms with Gasteiger partial charge < -0.3 is 10.3 Å². The molecule has 0 unspecified atom stereocenters. The molecule has 0 radical (unpaired) electrons. The molecule has 0 aliphatic carbocycles. The van der Waals surface area contributed by atoms with Crippen molar-refractivity contribution in [1.82, 2.24) is 19.9 Å². The molecule has 8 heteroatoms. The number of rotatable bonds is 4. The topological polar surface area (TPSA) is 83.6 Å². The SMILES string of the molecule is CCNc1ncc(Cl)c(Sc2nc(C)cc(=O)[nH]2)n1. The van der Waals surface area contributed by atoms with Gasteiger partial charge in [-0.3, -0.25) is 4.79 Å². The third-order valence-electron chi connectivity index (χ3n) is 2.09. The molecule has 0 fully saturated rings. The van der Waals surface area contributed by atoms with Crippen molar-refractivity contribution >= 4 is 29.3 Å². The second-order valence-corrected chi connectivity index (χ2v) is 5.06. The van der Waals surface area contributed by atoms with E-state index in [0.717, 1.165) is 0 Å². The van der Waals surface area contributed by atoms with Crippen molar-refractivity contribution in [3.63, 3.8) is 0 Å². The Kier molecular flexibility index (Phi) is 4.39. The molecule has 0 amide bonds. The summed E-state index contributed by atoms with van der Waals surface area (Å²) in [6.07, 6.45) is 1.52. The zero-order valence-electron chi connectivity index (χ0n) is 10.4. The van der Waals surface area contributed by atoms with E-state index in [1.54, 1.807) is 6.92 Å². The summed E-state index contributed by atoms with van der Waals surface area (Å²) in [5.74, 6) is 0.490. The number of anilines is 1. The predicted octanol–water partition coefficient (Wildman–Crippen LogP) is 2.10. The molecule has 0 spiro atoms. The smallest absolute Gasteiger partial charge is 0.251 e. The van der Waals surface area contributed by atoms with Crippen molar-refractivity contribution < 1.29 is 0 Å². The maximum atomic E-state index is 11.4. The fourth-order valence-corrected chi connectivity index (χ4v) is 2.37. The van der Waals surface area contributed by atoms with Crippen LogP contribution in [-0.2, 0) is 0 Å². The first-order valence-corrected chi connectivity index (χ1v) is 6.80. The quantitative estimate of drug-likeness (QED) is 0.664. The predicted molar refractivity (Wildman–Crippen MR) is 74.9 cm³/mol. The van der Waals surface area contributed by atoms with E-state index in [-0.39, 0.29) is 5.56 Å². The van der Waals surface area contributed by atoms with E-state index in [1.807, 2.05) is 6.92 Å². The molecular formula is C11H12ClN5OS. The Morgan fingerprint density at radius 2 is 2.26 bits per heavy atom. The van der Waals surface area contributed by atoms with Gasteiger partial charge in [-0.05, 0) is 25.6 Å². The van der Waals surface area contributed by atoms with Crippen LogP contribution >= 0.6 is 23.4 Å². The molecule has 2 aromatic rings. The minimum Gasteiger partial charge on any atom is -0.354 e. The highest BCUT2D eigenvalue weighted by Crippen LogP contribution is 2.29. The largest absolute Gasteiger partial charge is 0.354 e. The number of nitrogens with one attached hydrogen (secondary N) is 2. The zero-order chi connectivity index (χ0) is 13.8. The van der Waals surface area contributed by atoms with Gasteiger partial charge in [-0.25, -0.2) is 15.0 Å². The molecule has 0 aliphatic rings. The number of hydrogen-bond donors (Lipinski definition) is 2. The summed E-state index contributed by atoms with van der Waals surface area (Å²) in [5.41, 5.74) is 0.440. The van der Waals surface area contributed by atoms with Gasteiger partial charge in [0.2, 0.25) is 5.95 Å². The Labute approximate surface area is 119 Å². The summed E-state index contributed by atoms with van der Waals surface area (Å²) in [7, 11) is 0. The fourth-order valence-electron chi connectivity index (χ4n) is 1.36. The maximum Gasteiger partial charge on any atom is 0.251 e. The lowest BCUT2D eigenvalue weighted by molar-refractivity contribution is 0.900. The Bertz CT molecular complexity index is 645. The van der Waals surface area contributed by atoms with Gasteiger partial charge in [0.05, 0.1) is 11.2 Å². The Morgan fingerprint density at radius 1 is 1.47 bits per heavy atom. The highest BCUT2D eigenvalue weighted by molar-refractivity contribution is 7.99. The summed E-state index contributed by atoms with van der Waals surface area (Å²) in [6.45, 7) is 4.42. The number of aryl methyl sites for hydroxylation is 1. The summed E-state index contributed by atoms with van der Waals surface area (Å²) >= 11 is 7.23. The van der Waals surface area contributed by atoms with Crippen LogP contribution in [0.5, 0.6) is 0 Å². The summed E-state index contributed by atoms with van der Waals surface area (Å²) in [4.78, 5) is 26.5. The number of H-pyrrole nitrogens is 1. The van der Waals surface area contributed by atoms with Crippen molar-refractivity contribution in [1.29, 1.82) is 0 Å². The second kappa shape index (κ2) is 6.03. The number of halogens is 1. The van der Waals surface area contributed by atoms with Crippen LogP contribution in [0.1, 0.15) is 12.6 Å². The maximum absolute atomic E-state index is 11.4. The van der Waals surface area contributed by atoms with Crippen LogP contribution in [0.2, 0.25) is 5.02 Å². The van der Waals surface area contributed by atoms with Crippen molar-refractivity contribution in [2.24, 2.45) is 0 Å². The van der Waals surface area contributed by atoms with E-state index in [9.17, 15) is 4.79 Å². The molecule has 0 aromatic carbocycles. The van der Waals surface area contributed by atoms with E-state index in [1.165, 1.54) is 24.0 Å². The molecule has 0 bridgehead atoms. The molecule has 100 valence electrons. The lowest BCUT2D eigenvalue weighted by Gasteiger charge is -2.06. The summed E-state index contributed by atoms with van der Waals surface area (Å²) < 4.78 is 0. The summed E-state index contributed by atoms with van der Waals surface area (Å²) in [6, 6.07) is 1.43. The molecule has 2 aromatic heterocycles. The Hall–Kier alpha value is -1.60. The van der Waals surface area contributed by atoms with E-state index in [2.05, 4.69) is 25.3 Å². The Morgan fingerprint density at radius 3 is 2.95 bits per heavy atom. The molecule has 0 saturated heterocycles. The van der Waals surface area contributed by atoms with Crippen molar-refractivity contribution in [3.05, 3.63) is 33.3 Å². The van der Waals surface area contributed by atoms with Crippen molar-refractivity contribution in [2.75, 3.05) is 11.9 Å². The molecule has 6 nitrogen and oxygen atoms in total. The number of hydrogen-bond acceptors (Lipinski definition) is 6. The normalized spacial score (nSPS) is 10.5. The van der Waals surface area contributed by atoms with Gasteiger partial charge in [0.1, 0.15) is 5.03 Å². The van der Waals surface area contributed by atoms with Crippen LogP contribution in [0.4, 0.5) is 5.95 Å². The van der Waals surface area contributed by atoms with E-state index >= 15 is 0 Å². The molecular weight excluding hydrogens is 286 g/mol. The van der Waals surface area contributed by atoms with Crippen LogP contribution in [0, 0.1) is 6.92 Å². The van der Waals surface area contributed by atoms with Crippen molar-refractivity contribution in [3.8, 4) is 0 Å². The molecule has 0 saturated carbocycles. The first-order valence-electron chi connectivity index (χ1n) is 5.60. The van der Waals surface area contributed by atoms with Crippen LogP contribution in [0.15, 0.2) is 27.2 Å². The number of nitrogens with zero attached hydrogens (tertiary/aromatic N) is 3. The van der Waals surface area contributed by atoms with Crippen LogP contribution in [-0.4, -0.2) is 26.5 Å². The van der Waals surface area contributed by atoms with E-state index < -0.39 is 0 Å². The van der Waals surface area contributed by atoms with Crippen LogP contribution in [0.25, 0.3) is 0 Å². The van der Waals surface area contributed by atoms with Crippen LogP contribution < -0.4 is 10.9 Å². The lowest BCUT2D eigenvalue weighted by Crippen LogP contribution is -2.08. The van der Waals surface area contributed by atoms with Gasteiger partial charge in [-0.1, -0.05) is 11.6 Å². The highest BCUT2D eigenvalue weighted by atomic mass is 35.5. The number of aromatic amines is 1. The van der Waals surface area contributed by atoms with Gasteiger partial charge in [-0.15, -0.1) is 0 Å². The Balaban J connectivity index is 2.31. The van der Waals surface area contributed by atoms with Gasteiger partial charge in [0.25, 0.3) is 5.56 Å². The standard InChI is InChI=1S/C11H12ClN5OS/c1-3-13-10-14-5-7(12)9(17-10)19-11-15-6(2)4-8(18)16-11/h4-5H,3H2,1-2H3,(H,13,14,17)(H,15,16,18). The van der Waals surface area contributed by atoms with Crippen molar-refractivity contribution in [2.45, 2.75) is 24.0 Å². The molecule has 0 aliphatic heterocycles. The zero-order valence-corrected chi connectivity index (χ0v) is 12.0. The lowest BCUT2D eigenvalue weighted by atomic mass is 10.5. The van der Waals surface area contributed by atoms with Gasteiger partial charge in [-0.2, -0.15) is 0 Å². The van der Waals surface area contributed by atoms with E-state index in [4.69, 9.17) is 11.6 Å². The first kappa shape index (κ1) is 13.8. The van der Waals surface area contributed by atoms with Crippen LogP contribution in [0.3, 0.4) is 0 Å². The highest BCUT2D eigenvalue weighted by Gasteiger charge is 2.09. The minimum atomic E-state index is -0.202. The minimum absolute atomic E-state index is 0.202. The summed E-state index contributed by atoms with van der Waals surface area (Å²) in [5, 5.41) is 4.40. The van der Waals surface area contributed by atoms with E-state index in [0.29, 0.717) is 33.4 Å². The average Bonchev–Trinajstić information content (AvgIpc) is 2.32. The fraction of sp³-hybridized carbons (Fsp3) is 0.273.